The molecule has 0 saturated carbocycles. The van der Waals surface area contributed by atoms with Gasteiger partial charge >= 0.3 is 17.4 Å². The second-order valence-electron chi connectivity index (χ2n) is 7.48. The summed E-state index contributed by atoms with van der Waals surface area (Å²) < 4.78 is 0. The number of carbonyl (C=O) groups is 3. The second kappa shape index (κ2) is 24.9. The number of carboxylic acids is 3. The van der Waals surface area contributed by atoms with Crippen LogP contribution < -0.4 is 15.3 Å². The molecule has 1 radical (unpaired) electrons. The molecule has 23 heteroatoms. The van der Waals surface area contributed by atoms with Gasteiger partial charge in [-0.1, -0.05) is 0 Å². The zero-order valence-corrected chi connectivity index (χ0v) is 21.9. The van der Waals surface area contributed by atoms with Crippen molar-refractivity contribution in [2.45, 2.75) is 73.2 Å². The van der Waals surface area contributed by atoms with Crippen LogP contribution >= 0.6 is 0 Å². The monoisotopic (exact) mass is 655 g/mol. The van der Waals surface area contributed by atoms with Crippen molar-refractivity contribution in [3.63, 3.8) is 0 Å². The van der Waals surface area contributed by atoms with Crippen LogP contribution in [0.2, 0.25) is 0 Å². The molecule has 0 aliphatic rings. The summed E-state index contributed by atoms with van der Waals surface area (Å²) >= 11 is 0. The molecular weight excluding hydrogens is 620 g/mol. The zero-order chi connectivity index (χ0) is 31.8. The van der Waals surface area contributed by atoms with Crippen LogP contribution in [0.25, 0.3) is 0 Å². The third kappa shape index (κ3) is 18.5. The van der Waals surface area contributed by atoms with E-state index in [9.17, 15) is 29.7 Å². The normalized spacial score (nSPS) is 19.4. The second-order valence-corrected chi connectivity index (χ2v) is 7.48. The van der Waals surface area contributed by atoms with Crippen molar-refractivity contribution in [2.75, 3.05) is 19.8 Å². The number of hydrogen-bond donors (Lipinski definition) is 15. The quantitative estimate of drug-likeness (QED) is 0.0778. The minimum atomic E-state index is -2.31. The van der Waals surface area contributed by atoms with Gasteiger partial charge in [0.25, 0.3) is 0 Å². The van der Waals surface area contributed by atoms with Gasteiger partial charge < -0.3 is 112 Å². The van der Waals surface area contributed by atoms with Crippen molar-refractivity contribution in [1.82, 2.24) is 0 Å². The van der Waals surface area contributed by atoms with Gasteiger partial charge in [0.2, 0.25) is 0 Å². The van der Waals surface area contributed by atoms with Gasteiger partial charge in [0.15, 0.2) is 0 Å². The molecule has 12 atom stereocenters. The average Bonchev–Trinajstić information content (AvgIpc) is 2.92. The standard InChI is InChI=1S/3C6H12O7.Cr.H2O/c3*7-1-2(8)3(9)4(10)5(11)6(12)13;;/h3*2-5,7-11H,1H2,(H,12,13);;1H2/q;;;+3;/p-3. The Hall–Kier alpha value is -1.70. The van der Waals surface area contributed by atoms with E-state index < -0.39 is 111 Å². The van der Waals surface area contributed by atoms with Crippen LogP contribution in [-0.4, -0.2) is 193 Å². The van der Waals surface area contributed by atoms with Crippen LogP contribution in [0.1, 0.15) is 0 Å². The first-order chi connectivity index (χ1) is 17.7. The predicted octanol–water partition coefficient (Wildman–Crippen LogP) is -15.3. The Bertz CT molecular complexity index is 609. The number of carboxylic acid groups (broad SMARTS) is 3. The number of aliphatic hydroxyl groups excluding tert-OH is 15. The summed E-state index contributed by atoms with van der Waals surface area (Å²) in [6.45, 7) is -2.59. The predicted molar refractivity (Wildman–Crippen MR) is 112 cm³/mol. The van der Waals surface area contributed by atoms with Gasteiger partial charge in [-0.15, -0.1) is 0 Å². The van der Waals surface area contributed by atoms with Gasteiger partial charge in [0.05, 0.1) is 37.7 Å². The molecular formula is C18H35CrO22. The Morgan fingerprint density at radius 2 is 0.561 bits per heavy atom. The van der Waals surface area contributed by atoms with Gasteiger partial charge in [-0.05, 0) is 0 Å². The van der Waals surface area contributed by atoms with E-state index in [4.69, 9.17) is 76.6 Å². The maximum Gasteiger partial charge on any atom is 3.00 e. The van der Waals surface area contributed by atoms with E-state index in [1.54, 1.807) is 0 Å². The largest absolute Gasteiger partial charge is 3.00 e. The van der Waals surface area contributed by atoms with Crippen LogP contribution in [0, 0.1) is 0 Å². The molecule has 0 amide bonds. The molecule has 22 nitrogen and oxygen atoms in total. The number of aliphatic carboxylic acids is 3. The Labute approximate surface area is 240 Å². The minimum absolute atomic E-state index is 0. The first kappa shape index (κ1) is 49.0. The smallest absolute Gasteiger partial charge is 0.547 e. The van der Waals surface area contributed by atoms with E-state index in [-0.39, 0.29) is 22.8 Å². The minimum Gasteiger partial charge on any atom is -0.547 e. The molecule has 0 spiro atoms. The maximum absolute atomic E-state index is 9.98. The number of carbonyl (C=O) groups excluding carboxylic acids is 3. The van der Waals surface area contributed by atoms with Crippen molar-refractivity contribution in [2.24, 2.45) is 0 Å². The van der Waals surface area contributed by atoms with Crippen LogP contribution in [0.5, 0.6) is 0 Å². The van der Waals surface area contributed by atoms with E-state index in [1.165, 1.54) is 0 Å². The first-order valence-corrected chi connectivity index (χ1v) is 10.4. The summed E-state index contributed by atoms with van der Waals surface area (Å²) in [6, 6.07) is 0. The van der Waals surface area contributed by atoms with Gasteiger partial charge in [0.1, 0.15) is 73.2 Å². The fraction of sp³-hybridized carbons (Fsp3) is 0.833. The van der Waals surface area contributed by atoms with Crippen molar-refractivity contribution >= 4 is 17.9 Å². The Kier molecular flexibility index (Phi) is 29.7. The Morgan fingerprint density at radius 3 is 0.659 bits per heavy atom. The van der Waals surface area contributed by atoms with Gasteiger partial charge in [-0.3, -0.25) is 0 Å². The molecule has 17 N–H and O–H groups in total. The molecule has 0 aliphatic heterocycles. The average molecular weight is 655 g/mol. The maximum atomic E-state index is 9.98. The molecule has 0 aliphatic carbocycles. The van der Waals surface area contributed by atoms with Crippen LogP contribution in [0.3, 0.4) is 0 Å². The number of hydrogen-bond acceptors (Lipinski definition) is 21. The molecule has 0 heterocycles. The van der Waals surface area contributed by atoms with E-state index in [2.05, 4.69) is 0 Å². The van der Waals surface area contributed by atoms with Crippen LogP contribution in [0.4, 0.5) is 0 Å². The Morgan fingerprint density at radius 1 is 0.415 bits per heavy atom. The third-order valence-corrected chi connectivity index (χ3v) is 4.49. The van der Waals surface area contributed by atoms with Crippen molar-refractivity contribution in [3.05, 3.63) is 0 Å². The van der Waals surface area contributed by atoms with Crippen molar-refractivity contribution in [1.29, 1.82) is 0 Å². The zero-order valence-electron chi connectivity index (χ0n) is 20.6. The van der Waals surface area contributed by atoms with E-state index in [0.29, 0.717) is 0 Å². The topological polar surface area (TPSA) is 455 Å². The summed E-state index contributed by atoms with van der Waals surface area (Å²) in [5.74, 6) is -5.93. The van der Waals surface area contributed by atoms with E-state index in [0.717, 1.165) is 0 Å². The van der Waals surface area contributed by atoms with Crippen LogP contribution in [-0.2, 0) is 31.7 Å². The molecule has 0 rings (SSSR count). The Balaban J connectivity index is -0.000000154. The fourth-order valence-corrected chi connectivity index (χ4v) is 1.99. The van der Waals surface area contributed by atoms with Gasteiger partial charge in [0, 0.05) is 0 Å². The summed E-state index contributed by atoms with van der Waals surface area (Å²) in [6.07, 6.45) is -24.2. The summed E-state index contributed by atoms with van der Waals surface area (Å²) in [7, 11) is 0. The van der Waals surface area contributed by atoms with Crippen molar-refractivity contribution < 1.29 is 129 Å². The SMILES string of the molecule is O.O=C([O-])C(O)C(O)C(O)C(O)CO.O=C([O-])C(O)C(O)C(O)C(O)CO.O=C([O-])C(O)C(O)C(O)C(O)CO.[Cr+3]. The third-order valence-electron chi connectivity index (χ3n) is 4.49. The summed E-state index contributed by atoms with van der Waals surface area (Å²) in [5, 5.41) is 160. The molecule has 0 fully saturated rings. The molecule has 0 aromatic carbocycles. The van der Waals surface area contributed by atoms with Gasteiger partial charge in [-0.2, -0.15) is 0 Å². The van der Waals surface area contributed by atoms with E-state index in [1.807, 2.05) is 0 Å². The molecule has 245 valence electrons. The van der Waals surface area contributed by atoms with Crippen LogP contribution in [0.15, 0.2) is 0 Å². The molecule has 0 bridgehead atoms. The van der Waals surface area contributed by atoms with Crippen molar-refractivity contribution in [3.8, 4) is 0 Å². The molecule has 12 unspecified atom stereocenters. The van der Waals surface area contributed by atoms with Gasteiger partial charge in [-0.25, -0.2) is 0 Å². The van der Waals surface area contributed by atoms with E-state index >= 15 is 0 Å². The molecule has 0 aromatic rings. The summed E-state index contributed by atoms with van der Waals surface area (Å²) in [4.78, 5) is 29.9. The number of rotatable bonds is 15. The molecule has 0 saturated heterocycles. The number of aliphatic hydroxyl groups is 15. The molecule has 0 aromatic heterocycles. The fourth-order valence-electron chi connectivity index (χ4n) is 1.99. The summed E-state index contributed by atoms with van der Waals surface area (Å²) in [5.41, 5.74) is 0. The first-order valence-electron chi connectivity index (χ1n) is 10.4. The molecule has 41 heavy (non-hydrogen) atoms.